The van der Waals surface area contributed by atoms with Gasteiger partial charge in [-0.2, -0.15) is 0 Å². The molecule has 3 nitrogen and oxygen atoms in total. The van der Waals surface area contributed by atoms with Gasteiger partial charge in [-0.3, -0.25) is 0 Å². The van der Waals surface area contributed by atoms with Crippen molar-refractivity contribution in [2.45, 2.75) is 38.7 Å². The van der Waals surface area contributed by atoms with Crippen LogP contribution in [0.25, 0.3) is 0 Å². The summed E-state index contributed by atoms with van der Waals surface area (Å²) < 4.78 is 5.91. The second-order valence-electron chi connectivity index (χ2n) is 4.19. The molecule has 4 heteroatoms. The normalized spacial score (nSPS) is 26.5. The summed E-state index contributed by atoms with van der Waals surface area (Å²) in [6.07, 6.45) is 5.16. The summed E-state index contributed by atoms with van der Waals surface area (Å²) in [5, 5.41) is 2.83. The van der Waals surface area contributed by atoms with E-state index in [1.54, 1.807) is 11.3 Å². The molecule has 1 aromatic rings. The average Bonchev–Trinajstić information content (AvgIpc) is 2.65. The topological polar surface area (TPSA) is 48.1 Å². The van der Waals surface area contributed by atoms with Crippen LogP contribution in [-0.4, -0.2) is 17.6 Å². The third-order valence-corrected chi connectivity index (χ3v) is 3.84. The monoisotopic (exact) mass is 226 g/mol. The van der Waals surface area contributed by atoms with Crippen LogP contribution in [0.5, 0.6) is 5.19 Å². The van der Waals surface area contributed by atoms with E-state index in [0.717, 1.165) is 23.9 Å². The van der Waals surface area contributed by atoms with Crippen LogP contribution in [0.1, 0.15) is 31.4 Å². The minimum Gasteiger partial charge on any atom is -0.466 e. The molecular formula is C11H18N2OS. The zero-order valence-electron chi connectivity index (χ0n) is 9.11. The maximum absolute atomic E-state index is 5.91. The molecule has 1 heterocycles. The molecule has 2 N–H and O–H groups in total. The number of aryl methyl sites for hydroxylation is 1. The van der Waals surface area contributed by atoms with Crippen molar-refractivity contribution in [3.8, 4) is 5.19 Å². The van der Waals surface area contributed by atoms with Gasteiger partial charge >= 0.3 is 0 Å². The lowest BCUT2D eigenvalue weighted by Gasteiger charge is -2.29. The lowest BCUT2D eigenvalue weighted by Crippen LogP contribution is -2.35. The quantitative estimate of drug-likeness (QED) is 0.860. The van der Waals surface area contributed by atoms with E-state index in [2.05, 4.69) is 4.98 Å². The van der Waals surface area contributed by atoms with Crippen LogP contribution in [0, 0.1) is 12.8 Å². The van der Waals surface area contributed by atoms with Gasteiger partial charge in [-0.25, -0.2) is 4.98 Å². The van der Waals surface area contributed by atoms with Gasteiger partial charge in [0.2, 0.25) is 0 Å². The van der Waals surface area contributed by atoms with E-state index in [1.165, 1.54) is 19.3 Å². The first-order valence-corrected chi connectivity index (χ1v) is 6.46. The smallest absolute Gasteiger partial charge is 0.273 e. The molecule has 84 valence electrons. The van der Waals surface area contributed by atoms with Gasteiger partial charge in [-0.1, -0.05) is 17.8 Å². The number of aromatic nitrogens is 1. The van der Waals surface area contributed by atoms with Crippen LogP contribution in [0.4, 0.5) is 0 Å². The largest absolute Gasteiger partial charge is 0.466 e. The number of nitrogens with two attached hydrogens (primary N) is 1. The Balaban J connectivity index is 1.97. The molecule has 0 aromatic carbocycles. The summed E-state index contributed by atoms with van der Waals surface area (Å²) in [4.78, 5) is 4.33. The highest BCUT2D eigenvalue weighted by Crippen LogP contribution is 2.29. The molecule has 0 saturated heterocycles. The summed E-state index contributed by atoms with van der Waals surface area (Å²) in [7, 11) is 0. The van der Waals surface area contributed by atoms with Crippen LogP contribution in [0.3, 0.4) is 0 Å². The third-order valence-electron chi connectivity index (χ3n) is 2.99. The molecule has 1 saturated carbocycles. The predicted molar refractivity (Wildman–Crippen MR) is 62.3 cm³/mol. The molecule has 1 fully saturated rings. The molecule has 15 heavy (non-hydrogen) atoms. The first kappa shape index (κ1) is 10.9. The lowest BCUT2D eigenvalue weighted by atomic mass is 9.86. The Morgan fingerprint density at radius 1 is 1.53 bits per heavy atom. The van der Waals surface area contributed by atoms with Crippen LogP contribution < -0.4 is 10.5 Å². The molecule has 1 aromatic heterocycles. The highest BCUT2D eigenvalue weighted by molar-refractivity contribution is 7.11. The van der Waals surface area contributed by atoms with Crippen LogP contribution in [0.2, 0.25) is 0 Å². The van der Waals surface area contributed by atoms with E-state index >= 15 is 0 Å². The molecule has 1 aliphatic carbocycles. The third kappa shape index (κ3) is 2.69. The van der Waals surface area contributed by atoms with Gasteiger partial charge in [0.15, 0.2) is 0 Å². The van der Waals surface area contributed by atoms with Gasteiger partial charge in [0.25, 0.3) is 5.19 Å². The molecule has 0 amide bonds. The maximum atomic E-state index is 5.91. The van der Waals surface area contributed by atoms with Gasteiger partial charge in [0.1, 0.15) is 6.10 Å². The Morgan fingerprint density at radius 2 is 2.33 bits per heavy atom. The van der Waals surface area contributed by atoms with Gasteiger partial charge in [-0.05, 0) is 32.7 Å². The molecule has 0 radical (unpaired) electrons. The van der Waals surface area contributed by atoms with Crippen molar-refractivity contribution in [2.24, 2.45) is 11.7 Å². The van der Waals surface area contributed by atoms with Gasteiger partial charge < -0.3 is 10.5 Å². The maximum Gasteiger partial charge on any atom is 0.273 e. The second-order valence-corrected chi connectivity index (χ2v) is 5.01. The van der Waals surface area contributed by atoms with Gasteiger partial charge in [0, 0.05) is 11.3 Å². The van der Waals surface area contributed by atoms with Crippen molar-refractivity contribution >= 4 is 11.3 Å². The predicted octanol–water partition coefficient (Wildman–Crippen LogP) is 2.35. The zero-order valence-corrected chi connectivity index (χ0v) is 9.93. The molecular weight excluding hydrogens is 208 g/mol. The molecule has 2 atom stereocenters. The number of nitrogens with zero attached hydrogens (tertiary/aromatic N) is 1. The fourth-order valence-electron chi connectivity index (χ4n) is 2.11. The number of hydrogen-bond donors (Lipinski definition) is 1. The number of hydrogen-bond acceptors (Lipinski definition) is 4. The zero-order chi connectivity index (χ0) is 10.7. The Kier molecular flexibility index (Phi) is 3.59. The molecule has 0 spiro atoms. The van der Waals surface area contributed by atoms with E-state index in [4.69, 9.17) is 10.5 Å². The lowest BCUT2D eigenvalue weighted by molar-refractivity contribution is 0.0966. The first-order valence-electron chi connectivity index (χ1n) is 5.58. The Labute approximate surface area is 94.7 Å². The van der Waals surface area contributed by atoms with E-state index in [9.17, 15) is 0 Å². The summed E-state index contributed by atoms with van der Waals surface area (Å²) >= 11 is 1.58. The Bertz CT molecular complexity index is 313. The fraction of sp³-hybridized carbons (Fsp3) is 0.727. The summed E-state index contributed by atoms with van der Waals surface area (Å²) in [5.74, 6) is 0.517. The minimum absolute atomic E-state index is 0.286. The van der Waals surface area contributed by atoms with Crippen molar-refractivity contribution in [1.29, 1.82) is 0 Å². The molecule has 2 unspecified atom stereocenters. The molecule has 0 bridgehead atoms. The van der Waals surface area contributed by atoms with E-state index in [0.29, 0.717) is 5.92 Å². The second kappa shape index (κ2) is 4.94. The van der Waals surface area contributed by atoms with Gasteiger partial charge in [0.05, 0.1) is 5.69 Å². The molecule has 2 rings (SSSR count). The van der Waals surface area contributed by atoms with E-state index < -0.39 is 0 Å². The minimum atomic E-state index is 0.286. The fourth-order valence-corrected chi connectivity index (χ4v) is 2.81. The highest BCUT2D eigenvalue weighted by atomic mass is 32.1. The molecule has 0 aliphatic heterocycles. The average molecular weight is 226 g/mol. The van der Waals surface area contributed by atoms with Gasteiger partial charge in [-0.15, -0.1) is 0 Å². The van der Waals surface area contributed by atoms with Crippen molar-refractivity contribution in [3.05, 3.63) is 11.1 Å². The summed E-state index contributed by atoms with van der Waals surface area (Å²) in [6.45, 7) is 2.72. The number of rotatable bonds is 3. The number of ether oxygens (including phenoxy) is 1. The first-order chi connectivity index (χ1) is 7.29. The van der Waals surface area contributed by atoms with Crippen molar-refractivity contribution in [2.75, 3.05) is 6.54 Å². The summed E-state index contributed by atoms with van der Waals surface area (Å²) in [5.41, 5.74) is 6.79. The van der Waals surface area contributed by atoms with Crippen molar-refractivity contribution in [1.82, 2.24) is 4.98 Å². The summed E-state index contributed by atoms with van der Waals surface area (Å²) in [6, 6.07) is 0. The van der Waals surface area contributed by atoms with Crippen LogP contribution in [0.15, 0.2) is 5.38 Å². The Hall–Kier alpha value is -0.610. The highest BCUT2D eigenvalue weighted by Gasteiger charge is 2.26. The number of thiazole rings is 1. The SMILES string of the molecule is Cc1csc(OC2CCCCC2CN)n1. The van der Waals surface area contributed by atoms with E-state index in [1.807, 2.05) is 12.3 Å². The molecule has 1 aliphatic rings. The Morgan fingerprint density at radius 3 is 3.00 bits per heavy atom. The standard InChI is InChI=1S/C11H18N2OS/c1-8-7-15-11(13-8)14-10-5-3-2-4-9(10)6-12/h7,9-10H,2-6,12H2,1H3. The van der Waals surface area contributed by atoms with Crippen molar-refractivity contribution < 1.29 is 4.74 Å². The van der Waals surface area contributed by atoms with Crippen LogP contribution >= 0.6 is 11.3 Å². The van der Waals surface area contributed by atoms with E-state index in [-0.39, 0.29) is 6.10 Å². The van der Waals surface area contributed by atoms with Crippen molar-refractivity contribution in [3.63, 3.8) is 0 Å². The van der Waals surface area contributed by atoms with Crippen LogP contribution in [-0.2, 0) is 0 Å².